The first-order valence-corrected chi connectivity index (χ1v) is 9.07. The summed E-state index contributed by atoms with van der Waals surface area (Å²) in [5.74, 6) is 0.928. The Kier molecular flexibility index (Phi) is 16.7. The highest BCUT2D eigenvalue weighted by atomic mass is 127. The molecule has 1 fully saturated rings. The highest BCUT2D eigenvalue weighted by Gasteiger charge is 2.14. The molecular weight excluding hydrogens is 405 g/mol. The van der Waals surface area contributed by atoms with Gasteiger partial charge in [0.05, 0.1) is 26.4 Å². The van der Waals surface area contributed by atoms with E-state index in [9.17, 15) is 0 Å². The van der Waals surface area contributed by atoms with Crippen molar-refractivity contribution in [3.05, 3.63) is 0 Å². The number of halogens is 1. The fourth-order valence-electron chi connectivity index (χ4n) is 2.55. The van der Waals surface area contributed by atoms with Crippen LogP contribution in [0.2, 0.25) is 0 Å². The molecule has 0 heterocycles. The lowest BCUT2D eigenvalue weighted by molar-refractivity contribution is 0.0497. The van der Waals surface area contributed by atoms with Gasteiger partial charge in [0.25, 0.3) is 0 Å². The molecule has 0 bridgehead atoms. The number of guanidine groups is 1. The molecule has 0 saturated heterocycles. The molecule has 0 radical (unpaired) electrons. The second-order valence-corrected chi connectivity index (χ2v) is 5.82. The van der Waals surface area contributed by atoms with Crippen molar-refractivity contribution in [1.29, 1.82) is 0 Å². The van der Waals surface area contributed by atoms with Crippen molar-refractivity contribution in [2.45, 2.75) is 64.8 Å². The SMILES string of the molecule is CCCCOCCOCCN=C(NCC)NC1CCCCC1.I. The normalized spacial score (nSPS) is 16.0. The third-order valence-corrected chi connectivity index (χ3v) is 3.81. The highest BCUT2D eigenvalue weighted by molar-refractivity contribution is 14.0. The lowest BCUT2D eigenvalue weighted by Crippen LogP contribution is -2.44. The zero-order valence-electron chi connectivity index (χ0n) is 14.9. The van der Waals surface area contributed by atoms with Gasteiger partial charge in [-0.1, -0.05) is 32.6 Å². The number of hydrogen-bond acceptors (Lipinski definition) is 3. The smallest absolute Gasteiger partial charge is 0.191 e. The number of nitrogens with one attached hydrogen (secondary N) is 2. The fraction of sp³-hybridized carbons (Fsp3) is 0.941. The molecule has 0 unspecified atom stereocenters. The van der Waals surface area contributed by atoms with Crippen LogP contribution >= 0.6 is 24.0 Å². The number of ether oxygens (including phenoxy) is 2. The Morgan fingerprint density at radius 3 is 2.35 bits per heavy atom. The van der Waals surface area contributed by atoms with Crippen LogP contribution in [0.5, 0.6) is 0 Å². The van der Waals surface area contributed by atoms with Crippen molar-refractivity contribution in [3.63, 3.8) is 0 Å². The number of aliphatic imine (C=N–C) groups is 1. The maximum absolute atomic E-state index is 5.54. The molecule has 23 heavy (non-hydrogen) atoms. The van der Waals surface area contributed by atoms with Gasteiger partial charge in [-0.05, 0) is 26.2 Å². The van der Waals surface area contributed by atoms with E-state index in [1.54, 1.807) is 0 Å². The Morgan fingerprint density at radius 2 is 1.70 bits per heavy atom. The van der Waals surface area contributed by atoms with Gasteiger partial charge in [0, 0.05) is 19.2 Å². The molecule has 0 amide bonds. The van der Waals surface area contributed by atoms with Crippen LogP contribution in [0.4, 0.5) is 0 Å². The monoisotopic (exact) mass is 441 g/mol. The van der Waals surface area contributed by atoms with Gasteiger partial charge in [-0.2, -0.15) is 0 Å². The van der Waals surface area contributed by atoms with E-state index < -0.39 is 0 Å². The van der Waals surface area contributed by atoms with Crippen molar-refractivity contribution >= 4 is 29.9 Å². The molecule has 0 aromatic heterocycles. The van der Waals surface area contributed by atoms with Crippen LogP contribution < -0.4 is 10.6 Å². The average Bonchev–Trinajstić information content (AvgIpc) is 2.54. The van der Waals surface area contributed by atoms with Crippen LogP contribution in [-0.2, 0) is 9.47 Å². The lowest BCUT2D eigenvalue weighted by Gasteiger charge is -2.24. The maximum Gasteiger partial charge on any atom is 0.191 e. The Balaban J connectivity index is 0.00000484. The summed E-state index contributed by atoms with van der Waals surface area (Å²) >= 11 is 0. The van der Waals surface area contributed by atoms with Crippen LogP contribution in [0.1, 0.15) is 58.8 Å². The van der Waals surface area contributed by atoms with Crippen molar-refractivity contribution in [2.75, 3.05) is 39.5 Å². The molecule has 1 aliphatic carbocycles. The minimum Gasteiger partial charge on any atom is -0.379 e. The third kappa shape index (κ3) is 12.9. The van der Waals surface area contributed by atoms with Gasteiger partial charge in [-0.25, -0.2) is 0 Å². The molecule has 138 valence electrons. The van der Waals surface area contributed by atoms with Gasteiger partial charge >= 0.3 is 0 Å². The molecule has 1 rings (SSSR count). The van der Waals surface area contributed by atoms with E-state index in [1.165, 1.54) is 38.5 Å². The predicted molar refractivity (Wildman–Crippen MR) is 108 cm³/mol. The number of nitrogens with zero attached hydrogens (tertiary/aromatic N) is 1. The molecule has 1 saturated carbocycles. The average molecular weight is 441 g/mol. The fourth-order valence-corrected chi connectivity index (χ4v) is 2.55. The van der Waals surface area contributed by atoms with Crippen molar-refractivity contribution in [1.82, 2.24) is 10.6 Å². The van der Waals surface area contributed by atoms with E-state index in [0.29, 0.717) is 32.4 Å². The summed E-state index contributed by atoms with van der Waals surface area (Å²) < 4.78 is 11.0. The van der Waals surface area contributed by atoms with Crippen LogP contribution in [0, 0.1) is 0 Å². The molecular formula is C17H36IN3O2. The zero-order valence-corrected chi connectivity index (χ0v) is 17.3. The Morgan fingerprint density at radius 1 is 1.00 bits per heavy atom. The first-order valence-electron chi connectivity index (χ1n) is 9.07. The van der Waals surface area contributed by atoms with Gasteiger partial charge < -0.3 is 20.1 Å². The zero-order chi connectivity index (χ0) is 15.9. The second-order valence-electron chi connectivity index (χ2n) is 5.82. The second kappa shape index (κ2) is 16.8. The summed E-state index contributed by atoms with van der Waals surface area (Å²) in [6.45, 7) is 8.69. The maximum atomic E-state index is 5.54. The molecule has 0 atom stereocenters. The third-order valence-electron chi connectivity index (χ3n) is 3.81. The Bertz CT molecular complexity index is 285. The van der Waals surface area contributed by atoms with Gasteiger partial charge in [0.2, 0.25) is 0 Å². The van der Waals surface area contributed by atoms with E-state index in [0.717, 1.165) is 25.5 Å². The van der Waals surface area contributed by atoms with Crippen molar-refractivity contribution in [3.8, 4) is 0 Å². The number of rotatable bonds is 11. The predicted octanol–water partition coefficient (Wildman–Crippen LogP) is 3.33. The summed E-state index contributed by atoms with van der Waals surface area (Å²) in [6, 6.07) is 0.583. The molecule has 2 N–H and O–H groups in total. The van der Waals surface area contributed by atoms with E-state index in [-0.39, 0.29) is 24.0 Å². The summed E-state index contributed by atoms with van der Waals surface area (Å²) in [5, 5.41) is 6.85. The van der Waals surface area contributed by atoms with Crippen LogP contribution in [-0.4, -0.2) is 51.5 Å². The lowest BCUT2D eigenvalue weighted by atomic mass is 9.96. The van der Waals surface area contributed by atoms with Gasteiger partial charge in [-0.3, -0.25) is 4.99 Å². The molecule has 0 aromatic carbocycles. The summed E-state index contributed by atoms with van der Waals surface area (Å²) in [5.41, 5.74) is 0. The van der Waals surface area contributed by atoms with Gasteiger partial charge in [0.1, 0.15) is 0 Å². The molecule has 6 heteroatoms. The minimum atomic E-state index is 0. The first kappa shape index (κ1) is 22.9. The Hall–Kier alpha value is -0.0800. The Labute approximate surface area is 159 Å². The van der Waals surface area contributed by atoms with Crippen LogP contribution in [0.25, 0.3) is 0 Å². The van der Waals surface area contributed by atoms with Crippen molar-refractivity contribution < 1.29 is 9.47 Å². The topological polar surface area (TPSA) is 54.9 Å². The molecule has 0 spiro atoms. The standard InChI is InChI=1S/C17H35N3O2.HI/c1-3-5-12-21-14-15-22-13-11-19-17(18-4-2)20-16-9-7-6-8-10-16;/h16H,3-15H2,1-2H3,(H2,18,19,20);1H. The van der Waals surface area contributed by atoms with E-state index in [4.69, 9.17) is 9.47 Å². The van der Waals surface area contributed by atoms with Gasteiger partial charge in [-0.15, -0.1) is 24.0 Å². The van der Waals surface area contributed by atoms with E-state index in [2.05, 4.69) is 29.5 Å². The summed E-state index contributed by atoms with van der Waals surface area (Å²) in [6.07, 6.45) is 8.86. The molecule has 5 nitrogen and oxygen atoms in total. The van der Waals surface area contributed by atoms with Crippen LogP contribution in [0.3, 0.4) is 0 Å². The summed E-state index contributed by atoms with van der Waals surface area (Å²) in [7, 11) is 0. The van der Waals surface area contributed by atoms with E-state index in [1.807, 2.05) is 0 Å². The largest absolute Gasteiger partial charge is 0.379 e. The van der Waals surface area contributed by atoms with Crippen molar-refractivity contribution in [2.24, 2.45) is 4.99 Å². The highest BCUT2D eigenvalue weighted by Crippen LogP contribution is 2.17. The number of hydrogen-bond donors (Lipinski definition) is 2. The van der Waals surface area contributed by atoms with Gasteiger partial charge in [0.15, 0.2) is 5.96 Å². The first-order chi connectivity index (χ1) is 10.9. The van der Waals surface area contributed by atoms with E-state index >= 15 is 0 Å². The quantitative estimate of drug-likeness (QED) is 0.224. The minimum absolute atomic E-state index is 0. The summed E-state index contributed by atoms with van der Waals surface area (Å²) in [4.78, 5) is 4.58. The molecule has 1 aliphatic rings. The molecule has 0 aromatic rings. The number of unbranched alkanes of at least 4 members (excludes halogenated alkanes) is 1. The van der Waals surface area contributed by atoms with Crippen LogP contribution in [0.15, 0.2) is 4.99 Å². The molecule has 0 aliphatic heterocycles.